The molecule has 1 aliphatic carbocycles. The summed E-state index contributed by atoms with van der Waals surface area (Å²) in [5.41, 5.74) is 0. The number of carbonyl (C=O) groups is 1. The number of aryl methyl sites for hydroxylation is 1. The smallest absolute Gasteiger partial charge is 0.248 e. The quantitative estimate of drug-likeness (QED) is 0.796. The Hall–Kier alpha value is -0.900. The van der Waals surface area contributed by atoms with E-state index in [-0.39, 0.29) is 5.91 Å². The minimum Gasteiger partial charge on any atom is -0.327 e. The predicted molar refractivity (Wildman–Crippen MR) is 65.1 cm³/mol. The second-order valence-corrected chi connectivity index (χ2v) is 5.36. The zero-order valence-corrected chi connectivity index (χ0v) is 10.5. The Bertz CT molecular complexity index is 413. The Labute approximate surface area is 99.8 Å². The van der Waals surface area contributed by atoms with E-state index in [1.54, 1.807) is 0 Å². The van der Waals surface area contributed by atoms with Gasteiger partial charge in [-0.05, 0) is 12.3 Å². The van der Waals surface area contributed by atoms with Crippen LogP contribution in [0.4, 0.5) is 0 Å². The summed E-state index contributed by atoms with van der Waals surface area (Å²) in [6.45, 7) is 0. The lowest BCUT2D eigenvalue weighted by molar-refractivity contribution is -0.118. The van der Waals surface area contributed by atoms with E-state index in [1.807, 2.05) is 23.2 Å². The molecule has 4 heteroatoms. The molecule has 0 unspecified atom stereocenters. The largest absolute Gasteiger partial charge is 0.327 e. The zero-order chi connectivity index (χ0) is 11.4. The van der Waals surface area contributed by atoms with Crippen LogP contribution in [0.1, 0.15) is 38.5 Å². The maximum atomic E-state index is 11.6. The highest BCUT2D eigenvalue weighted by Crippen LogP contribution is 2.28. The van der Waals surface area contributed by atoms with Crippen molar-refractivity contribution in [3.63, 3.8) is 0 Å². The number of carbonyl (C=O) groups excluding carboxylic acids is 1. The van der Waals surface area contributed by atoms with Crippen molar-refractivity contribution in [1.29, 1.82) is 0 Å². The normalized spacial score (nSPS) is 18.2. The van der Waals surface area contributed by atoms with E-state index < -0.39 is 0 Å². The molecule has 3 nitrogen and oxygen atoms in total. The van der Waals surface area contributed by atoms with Crippen molar-refractivity contribution in [2.24, 2.45) is 18.0 Å². The van der Waals surface area contributed by atoms with Gasteiger partial charge in [-0.2, -0.15) is 4.99 Å². The van der Waals surface area contributed by atoms with Gasteiger partial charge >= 0.3 is 0 Å². The van der Waals surface area contributed by atoms with Crippen molar-refractivity contribution < 1.29 is 4.79 Å². The van der Waals surface area contributed by atoms with Crippen LogP contribution < -0.4 is 4.80 Å². The van der Waals surface area contributed by atoms with E-state index in [1.165, 1.54) is 37.0 Å². The van der Waals surface area contributed by atoms with Crippen LogP contribution >= 0.6 is 11.3 Å². The summed E-state index contributed by atoms with van der Waals surface area (Å²) in [7, 11) is 1.92. The molecular weight excluding hydrogens is 220 g/mol. The lowest BCUT2D eigenvalue weighted by Crippen LogP contribution is -2.12. The van der Waals surface area contributed by atoms with Crippen molar-refractivity contribution >= 4 is 17.2 Å². The summed E-state index contributed by atoms with van der Waals surface area (Å²) in [6, 6.07) is 0. The van der Waals surface area contributed by atoms with Crippen molar-refractivity contribution in [1.82, 2.24) is 4.57 Å². The molecule has 0 bridgehead atoms. The van der Waals surface area contributed by atoms with Crippen LogP contribution in [0.15, 0.2) is 16.6 Å². The fourth-order valence-electron chi connectivity index (χ4n) is 2.22. The molecule has 0 spiro atoms. The third-order valence-corrected chi connectivity index (χ3v) is 4.07. The van der Waals surface area contributed by atoms with Gasteiger partial charge in [-0.1, -0.05) is 25.7 Å². The van der Waals surface area contributed by atoms with Crippen LogP contribution in [0.5, 0.6) is 0 Å². The van der Waals surface area contributed by atoms with Gasteiger partial charge in [0.1, 0.15) is 0 Å². The van der Waals surface area contributed by atoms with Gasteiger partial charge in [-0.15, -0.1) is 11.3 Å². The van der Waals surface area contributed by atoms with E-state index >= 15 is 0 Å². The summed E-state index contributed by atoms with van der Waals surface area (Å²) >= 11 is 1.51. The van der Waals surface area contributed by atoms with Crippen LogP contribution in [-0.2, 0) is 11.8 Å². The van der Waals surface area contributed by atoms with Gasteiger partial charge in [0.2, 0.25) is 5.91 Å². The van der Waals surface area contributed by atoms with Gasteiger partial charge in [0.25, 0.3) is 0 Å². The fourth-order valence-corrected chi connectivity index (χ4v) is 2.97. The molecule has 2 rings (SSSR count). The first-order valence-corrected chi connectivity index (χ1v) is 6.81. The highest BCUT2D eigenvalue weighted by Gasteiger charge is 2.15. The SMILES string of the molecule is Cn1ccsc1=NC(=O)CCC1CCCC1. The predicted octanol–water partition coefficient (Wildman–Crippen LogP) is 2.48. The zero-order valence-electron chi connectivity index (χ0n) is 9.69. The Morgan fingerprint density at radius 3 is 2.94 bits per heavy atom. The minimum atomic E-state index is 0.0324. The first-order chi connectivity index (χ1) is 7.75. The first-order valence-electron chi connectivity index (χ1n) is 5.93. The number of aromatic nitrogens is 1. The van der Waals surface area contributed by atoms with E-state index in [0.29, 0.717) is 6.42 Å². The van der Waals surface area contributed by atoms with Crippen LogP contribution in [0.3, 0.4) is 0 Å². The van der Waals surface area contributed by atoms with Gasteiger partial charge < -0.3 is 4.57 Å². The maximum Gasteiger partial charge on any atom is 0.248 e. The summed E-state index contributed by atoms with van der Waals surface area (Å²) in [4.78, 5) is 16.6. The fraction of sp³-hybridized carbons (Fsp3) is 0.667. The van der Waals surface area contributed by atoms with Crippen LogP contribution in [0, 0.1) is 5.92 Å². The molecule has 0 atom stereocenters. The van der Waals surface area contributed by atoms with E-state index in [0.717, 1.165) is 17.1 Å². The second kappa shape index (κ2) is 5.43. The third kappa shape index (κ3) is 3.04. The molecule has 1 amide bonds. The highest BCUT2D eigenvalue weighted by atomic mass is 32.1. The molecule has 1 aliphatic rings. The molecule has 0 N–H and O–H groups in total. The number of rotatable bonds is 3. The lowest BCUT2D eigenvalue weighted by Gasteiger charge is -2.05. The third-order valence-electron chi connectivity index (χ3n) is 3.22. The number of amides is 1. The molecule has 16 heavy (non-hydrogen) atoms. The first kappa shape index (κ1) is 11.6. The Morgan fingerprint density at radius 2 is 2.31 bits per heavy atom. The number of nitrogens with zero attached hydrogens (tertiary/aromatic N) is 2. The number of hydrogen-bond acceptors (Lipinski definition) is 2. The van der Waals surface area contributed by atoms with Crippen molar-refractivity contribution in [3.05, 3.63) is 16.4 Å². The van der Waals surface area contributed by atoms with Gasteiger partial charge in [0.15, 0.2) is 4.80 Å². The van der Waals surface area contributed by atoms with Gasteiger partial charge in [0.05, 0.1) is 0 Å². The average molecular weight is 238 g/mol. The molecule has 0 aromatic carbocycles. The Kier molecular flexibility index (Phi) is 3.93. The molecule has 0 saturated heterocycles. The van der Waals surface area contributed by atoms with Gasteiger partial charge in [-0.3, -0.25) is 4.79 Å². The van der Waals surface area contributed by atoms with Crippen LogP contribution in [0.2, 0.25) is 0 Å². The molecular formula is C12H18N2OS. The summed E-state index contributed by atoms with van der Waals surface area (Å²) < 4.78 is 1.89. The maximum absolute atomic E-state index is 11.6. The average Bonchev–Trinajstić information content (AvgIpc) is 2.88. The summed E-state index contributed by atoms with van der Waals surface area (Å²) in [5.74, 6) is 0.807. The molecule has 0 aliphatic heterocycles. The van der Waals surface area contributed by atoms with Crippen LogP contribution in [-0.4, -0.2) is 10.5 Å². The van der Waals surface area contributed by atoms with Crippen LogP contribution in [0.25, 0.3) is 0 Å². The van der Waals surface area contributed by atoms with Gasteiger partial charge in [0, 0.05) is 25.0 Å². The molecule has 1 heterocycles. The number of hydrogen-bond donors (Lipinski definition) is 0. The Morgan fingerprint density at radius 1 is 1.56 bits per heavy atom. The monoisotopic (exact) mass is 238 g/mol. The van der Waals surface area contributed by atoms with Crippen molar-refractivity contribution in [2.75, 3.05) is 0 Å². The van der Waals surface area contributed by atoms with E-state index in [4.69, 9.17) is 0 Å². The minimum absolute atomic E-state index is 0.0324. The molecule has 88 valence electrons. The topological polar surface area (TPSA) is 34.4 Å². The van der Waals surface area contributed by atoms with Crippen molar-refractivity contribution in [2.45, 2.75) is 38.5 Å². The molecule has 1 aromatic heterocycles. The molecule has 1 fully saturated rings. The molecule has 1 saturated carbocycles. The number of thiazole rings is 1. The molecule has 1 aromatic rings. The standard InChI is InChI=1S/C12H18N2OS/c1-14-8-9-16-12(14)13-11(15)7-6-10-4-2-3-5-10/h8-10H,2-7H2,1H3. The Balaban J connectivity index is 1.87. The summed E-state index contributed by atoms with van der Waals surface area (Å²) in [5, 5.41) is 1.95. The van der Waals surface area contributed by atoms with E-state index in [9.17, 15) is 4.79 Å². The van der Waals surface area contributed by atoms with E-state index in [2.05, 4.69) is 4.99 Å². The van der Waals surface area contributed by atoms with Crippen molar-refractivity contribution in [3.8, 4) is 0 Å². The lowest BCUT2D eigenvalue weighted by atomic mass is 10.0. The molecule has 0 radical (unpaired) electrons. The van der Waals surface area contributed by atoms with Gasteiger partial charge in [-0.25, -0.2) is 0 Å². The highest BCUT2D eigenvalue weighted by molar-refractivity contribution is 7.07. The summed E-state index contributed by atoms with van der Waals surface area (Å²) in [6.07, 6.45) is 8.86. The second-order valence-electron chi connectivity index (χ2n) is 4.49.